The molecule has 0 unspecified atom stereocenters. The summed E-state index contributed by atoms with van der Waals surface area (Å²) in [4.78, 5) is 102. The van der Waals surface area contributed by atoms with Crippen LogP contribution in [0.25, 0.3) is 143 Å². The monoisotopic (exact) mass is 1760 g/mol. The minimum Gasteiger partial charge on any atom is -0.505 e. The minimum absolute atomic E-state index is 0.00823. The van der Waals surface area contributed by atoms with Gasteiger partial charge in [-0.3, -0.25) is 14.4 Å². The lowest BCUT2D eigenvalue weighted by atomic mass is 9.99. The van der Waals surface area contributed by atoms with Gasteiger partial charge in [-0.25, -0.2) is 68.1 Å². The van der Waals surface area contributed by atoms with Gasteiger partial charge in [-0.2, -0.15) is 0 Å². The molecule has 9 aromatic carbocycles. The van der Waals surface area contributed by atoms with E-state index in [1.807, 2.05) is 18.2 Å². The number of pyridine rings is 3. The lowest BCUT2D eigenvalue weighted by Crippen LogP contribution is -2.14. The molecular weight excluding hydrogens is 1700 g/mol. The van der Waals surface area contributed by atoms with Gasteiger partial charge in [-0.1, -0.05) is 36.4 Å². The Kier molecular flexibility index (Phi) is 20.9. The highest BCUT2D eigenvalue weighted by atomic mass is 19.2. The number of aromatic carboxylic acids is 4. The summed E-state index contributed by atoms with van der Waals surface area (Å²) in [5, 5.41) is 51.8. The standard InChI is InChI=1S/C24H14F3NO4.C24H15FN4O4.2C23H13F3N2O4/c25-15-6-2-1-4-12(15)11-28-17-10-16(26)13-8-9-32-23(13)20(17)19(22(28)24(30)31)14-5-3-7-18(29)21(14)27;25-15-9-18-20(22-13(15)5-7-33-22)19(14-2-1-6-26-23(14)30)21(24(31)32)29(18)10-12-3-4-16-17(8-12)28-11-27-16;24-12-3-4-15(25)11(8-12)10-28-17-9-16(26)13-5-7-32-21(13)19(17)18(20(28)23(30)31)14-2-1-6-27-22(14)29;24-13-3-4-15(25)12(8-13)10-28-19-16(26)9-11-5-7-32-21(11)18(19)17(20(28)23(30)31)14-2-1-6-27-22(14)29/h1-10,29H,11H2,(H,30,31);1-9,11H,10H2,(H,26,30)(H,27,28)(H,31,32);2*1-9H,10H2,(H,27,29)(H,30,31). The topological polar surface area (TPSA) is 369 Å². The SMILES string of the molecule is O=C(O)c1c(-c2ccc[nH]c2=O)c2c3occc3c(F)cc2n1Cc1cc(F)ccc1F.O=C(O)c1c(-c2ccc[nH]c2=O)c2c3occc3c(F)cc2n1Cc1ccc2nc[nH]c2c1.O=C(O)c1c(-c2ccc[nH]c2=O)c2c3occc3cc(F)c2n1Cc1cc(F)ccc1F.O=C(O)c1c(-c2cccc(O)c2F)c2c3occc3c(F)cc2n1Cc1ccccc1F. The molecule has 642 valence electrons. The van der Waals surface area contributed by atoms with E-state index in [0.29, 0.717) is 16.3 Å². The van der Waals surface area contributed by atoms with E-state index in [1.54, 1.807) is 24.5 Å². The van der Waals surface area contributed by atoms with Gasteiger partial charge in [0.15, 0.2) is 11.6 Å². The first-order valence-corrected chi connectivity index (χ1v) is 38.5. The first kappa shape index (κ1) is 82.5. The Morgan fingerprint density at radius 3 is 1.24 bits per heavy atom. The van der Waals surface area contributed by atoms with Crippen LogP contribution in [0, 0.1) is 58.2 Å². The van der Waals surface area contributed by atoms with Crippen molar-refractivity contribution in [2.75, 3.05) is 0 Å². The van der Waals surface area contributed by atoms with Gasteiger partial charge in [0, 0.05) is 75.0 Å². The molecule has 0 aliphatic rings. The van der Waals surface area contributed by atoms with Crippen molar-refractivity contribution >= 4 is 122 Å². The van der Waals surface area contributed by atoms with Gasteiger partial charge in [0.05, 0.1) is 139 Å². The molecule has 0 fully saturated rings. The van der Waals surface area contributed by atoms with E-state index in [4.69, 9.17) is 17.7 Å². The van der Waals surface area contributed by atoms with Crippen LogP contribution in [0.3, 0.4) is 0 Å². The van der Waals surface area contributed by atoms with Crippen LogP contribution in [-0.4, -0.2) is 92.6 Å². The number of carbonyl (C=O) groups is 4. The molecule has 129 heavy (non-hydrogen) atoms. The Morgan fingerprint density at radius 1 is 0.357 bits per heavy atom. The van der Waals surface area contributed by atoms with E-state index in [1.165, 1.54) is 138 Å². The van der Waals surface area contributed by atoms with Crippen molar-refractivity contribution in [2.24, 2.45) is 0 Å². The summed E-state index contributed by atoms with van der Waals surface area (Å²) >= 11 is 0. The number of nitrogens with zero attached hydrogens (tertiary/aromatic N) is 5. The molecule has 0 bridgehead atoms. The number of aromatic amines is 4. The molecule has 12 aromatic heterocycles. The Labute approximate surface area is 711 Å². The molecule has 0 saturated carbocycles. The third kappa shape index (κ3) is 14.3. The number of aromatic nitrogens is 9. The number of imidazole rings is 1. The van der Waals surface area contributed by atoms with Gasteiger partial charge in [-0.05, 0) is 151 Å². The van der Waals surface area contributed by atoms with Gasteiger partial charge in [0.25, 0.3) is 16.7 Å². The Hall–Kier alpha value is -17.4. The first-order chi connectivity index (χ1) is 62.1. The zero-order valence-electron chi connectivity index (χ0n) is 65.5. The number of fused-ring (bicyclic) bond motifs is 13. The third-order valence-corrected chi connectivity index (χ3v) is 21.9. The normalized spacial score (nSPS) is 11.5. The maximum Gasteiger partial charge on any atom is 0.353 e. The second kappa shape index (κ2) is 32.7. The molecule has 0 amide bonds. The zero-order valence-corrected chi connectivity index (χ0v) is 65.5. The molecule has 0 aliphatic carbocycles. The number of carboxylic acid groups (broad SMARTS) is 4. The number of hydrogen-bond acceptors (Lipinski definition) is 13. The van der Waals surface area contributed by atoms with Crippen molar-refractivity contribution in [1.82, 2.24) is 43.2 Å². The van der Waals surface area contributed by atoms with Crippen LogP contribution in [0.2, 0.25) is 0 Å². The lowest BCUT2D eigenvalue weighted by Gasteiger charge is -2.11. The highest BCUT2D eigenvalue weighted by Crippen LogP contribution is 2.47. The fourth-order valence-corrected chi connectivity index (χ4v) is 16.5. The number of carboxylic acids is 4. The largest absolute Gasteiger partial charge is 0.505 e. The van der Waals surface area contributed by atoms with E-state index >= 15 is 4.39 Å². The fraction of sp³-hybridized carbons (Fsp3) is 0.0426. The van der Waals surface area contributed by atoms with Crippen molar-refractivity contribution in [3.05, 3.63) is 366 Å². The van der Waals surface area contributed by atoms with Crippen LogP contribution in [0.1, 0.15) is 64.2 Å². The van der Waals surface area contributed by atoms with Crippen molar-refractivity contribution in [3.63, 3.8) is 0 Å². The van der Waals surface area contributed by atoms with Gasteiger partial charge in [-0.15, -0.1) is 0 Å². The van der Waals surface area contributed by atoms with Crippen molar-refractivity contribution in [2.45, 2.75) is 26.2 Å². The number of hydrogen-bond donors (Lipinski definition) is 9. The number of H-pyrrole nitrogens is 4. The summed E-state index contributed by atoms with van der Waals surface area (Å²) in [5.41, 5.74) is -0.208. The first-order valence-electron chi connectivity index (χ1n) is 38.5. The lowest BCUT2D eigenvalue weighted by molar-refractivity contribution is 0.0676. The van der Waals surface area contributed by atoms with E-state index in [0.717, 1.165) is 86.4 Å². The molecule has 35 heteroatoms. The van der Waals surface area contributed by atoms with Gasteiger partial charge in [0.1, 0.15) is 97.5 Å². The maximum atomic E-state index is 15.3. The molecule has 0 aliphatic heterocycles. The van der Waals surface area contributed by atoms with E-state index in [9.17, 15) is 98.6 Å². The predicted molar refractivity (Wildman–Crippen MR) is 451 cm³/mol. The summed E-state index contributed by atoms with van der Waals surface area (Å²) in [6.07, 6.45) is 10.9. The number of phenolic OH excluding ortho intramolecular Hbond substituents is 1. The molecule has 25 nitrogen and oxygen atoms in total. The number of rotatable bonds is 16. The summed E-state index contributed by atoms with van der Waals surface area (Å²) in [6, 6.07) is 40.0. The third-order valence-electron chi connectivity index (χ3n) is 21.9. The van der Waals surface area contributed by atoms with Crippen LogP contribution in [0.5, 0.6) is 5.75 Å². The number of nitrogens with one attached hydrogen (secondary N) is 4. The second-order valence-electron chi connectivity index (χ2n) is 29.3. The molecule has 0 spiro atoms. The van der Waals surface area contributed by atoms with Crippen molar-refractivity contribution < 1.29 is 106 Å². The molecule has 21 rings (SSSR count). The average Bonchev–Trinajstić information content (AvgIpc) is 1.50. The Bertz CT molecular complexity index is 8450. The number of aromatic hydroxyl groups is 1. The average molecular weight is 1760 g/mol. The molecule has 21 aromatic rings. The zero-order chi connectivity index (χ0) is 90.4. The number of phenols is 1. The molecule has 0 atom stereocenters. The Morgan fingerprint density at radius 2 is 0.767 bits per heavy atom. The molecular formula is C94H55F10N9O16. The van der Waals surface area contributed by atoms with Gasteiger partial charge in [0.2, 0.25) is 0 Å². The van der Waals surface area contributed by atoms with E-state index < -0.39 is 129 Å². The quantitative estimate of drug-likeness (QED) is 0.0406. The van der Waals surface area contributed by atoms with E-state index in [2.05, 4.69) is 24.9 Å². The van der Waals surface area contributed by atoms with E-state index in [-0.39, 0.29) is 157 Å². The van der Waals surface area contributed by atoms with Crippen molar-refractivity contribution in [3.8, 4) is 50.3 Å². The van der Waals surface area contributed by atoms with Crippen molar-refractivity contribution in [1.29, 1.82) is 0 Å². The maximum absolute atomic E-state index is 15.3. The highest BCUT2D eigenvalue weighted by molar-refractivity contribution is 6.21. The molecule has 0 saturated heterocycles. The predicted octanol–water partition coefficient (Wildman–Crippen LogP) is 20.2. The van der Waals surface area contributed by atoms with Crippen LogP contribution in [0.4, 0.5) is 43.9 Å². The van der Waals surface area contributed by atoms with Crippen LogP contribution in [0.15, 0.2) is 264 Å². The van der Waals surface area contributed by atoms with Gasteiger partial charge < -0.3 is 81.4 Å². The fourth-order valence-electron chi connectivity index (χ4n) is 16.5. The molecule has 9 N–H and O–H groups in total. The summed E-state index contributed by atoms with van der Waals surface area (Å²) in [6.45, 7) is -1.03. The van der Waals surface area contributed by atoms with Gasteiger partial charge >= 0.3 is 23.9 Å². The smallest absolute Gasteiger partial charge is 0.353 e. The summed E-state index contributed by atoms with van der Waals surface area (Å²) in [5.74, 6) is -13.6. The molecule has 0 radical (unpaired) electrons. The number of furan rings is 4. The van der Waals surface area contributed by atoms with Crippen LogP contribution < -0.4 is 16.7 Å². The van der Waals surface area contributed by atoms with Crippen LogP contribution in [-0.2, 0) is 26.2 Å². The highest BCUT2D eigenvalue weighted by Gasteiger charge is 2.36. The summed E-state index contributed by atoms with van der Waals surface area (Å²) < 4.78 is 172. The van der Waals surface area contributed by atoms with Crippen LogP contribution >= 0.6 is 0 Å². The number of benzene rings is 9. The Balaban J connectivity index is 0.000000116. The molecule has 12 heterocycles. The minimum atomic E-state index is -1.48. The number of halogens is 10. The summed E-state index contributed by atoms with van der Waals surface area (Å²) in [7, 11) is 0. The second-order valence-corrected chi connectivity index (χ2v) is 29.3.